The summed E-state index contributed by atoms with van der Waals surface area (Å²) in [5.74, 6) is 3.10. The van der Waals surface area contributed by atoms with E-state index in [2.05, 4.69) is 30.7 Å². The van der Waals surface area contributed by atoms with Gasteiger partial charge in [-0.25, -0.2) is 9.97 Å². The second kappa shape index (κ2) is 6.75. The Kier molecular flexibility index (Phi) is 5.25. The molecule has 0 unspecified atom stereocenters. The number of aromatic nitrogens is 2. The molecule has 0 radical (unpaired) electrons. The van der Waals surface area contributed by atoms with Gasteiger partial charge in [0.2, 0.25) is 0 Å². The summed E-state index contributed by atoms with van der Waals surface area (Å²) >= 11 is 6.28. The molecular weight excluding hydrogens is 270 g/mol. The summed E-state index contributed by atoms with van der Waals surface area (Å²) in [4.78, 5) is 11.5. The molecule has 1 aromatic rings. The lowest BCUT2D eigenvalue weighted by molar-refractivity contribution is 0.377. The minimum Gasteiger partial charge on any atom is -0.356 e. The molecule has 112 valence electrons. The summed E-state index contributed by atoms with van der Waals surface area (Å²) in [6, 6.07) is 0. The van der Waals surface area contributed by atoms with E-state index in [1.807, 2.05) is 6.92 Å². The van der Waals surface area contributed by atoms with E-state index in [-0.39, 0.29) is 0 Å². The Bertz CT molecular complexity index is 451. The van der Waals surface area contributed by atoms with Crippen LogP contribution < -0.4 is 4.90 Å². The number of halogens is 1. The van der Waals surface area contributed by atoms with Crippen molar-refractivity contribution in [2.24, 2.45) is 5.92 Å². The first-order chi connectivity index (χ1) is 9.52. The number of hydrogen-bond donors (Lipinski definition) is 0. The highest BCUT2D eigenvalue weighted by molar-refractivity contribution is 6.30. The highest BCUT2D eigenvalue weighted by Gasteiger charge is 2.22. The normalized spacial score (nSPS) is 17.0. The van der Waals surface area contributed by atoms with Crippen LogP contribution in [0.3, 0.4) is 0 Å². The van der Waals surface area contributed by atoms with Gasteiger partial charge in [0.1, 0.15) is 16.8 Å². The van der Waals surface area contributed by atoms with E-state index in [9.17, 15) is 0 Å². The van der Waals surface area contributed by atoms with Gasteiger partial charge in [0.25, 0.3) is 0 Å². The number of anilines is 1. The molecule has 0 N–H and O–H groups in total. The van der Waals surface area contributed by atoms with Gasteiger partial charge in [-0.1, -0.05) is 45.2 Å². The quantitative estimate of drug-likeness (QED) is 0.761. The lowest BCUT2D eigenvalue weighted by Gasteiger charge is -2.34. The molecule has 3 nitrogen and oxygen atoms in total. The predicted molar refractivity (Wildman–Crippen MR) is 85.7 cm³/mol. The molecule has 1 fully saturated rings. The maximum Gasteiger partial charge on any atom is 0.137 e. The second-order valence-electron chi connectivity index (χ2n) is 6.20. The molecule has 1 aliphatic rings. The van der Waals surface area contributed by atoms with E-state index >= 15 is 0 Å². The number of hydrogen-bond acceptors (Lipinski definition) is 3. The highest BCUT2D eigenvalue weighted by Crippen LogP contribution is 2.30. The van der Waals surface area contributed by atoms with Gasteiger partial charge in [-0.2, -0.15) is 0 Å². The molecule has 0 atom stereocenters. The minimum absolute atomic E-state index is 0.310. The molecule has 2 rings (SSSR count). The second-order valence-corrected chi connectivity index (χ2v) is 6.55. The molecule has 1 aromatic heterocycles. The van der Waals surface area contributed by atoms with E-state index in [4.69, 9.17) is 16.6 Å². The van der Waals surface area contributed by atoms with Gasteiger partial charge < -0.3 is 4.90 Å². The molecule has 0 saturated carbocycles. The Labute approximate surface area is 127 Å². The Balaban J connectivity index is 2.17. The number of rotatable bonds is 4. The summed E-state index contributed by atoms with van der Waals surface area (Å²) in [6.07, 6.45) is 5.19. The minimum atomic E-state index is 0.310. The van der Waals surface area contributed by atoms with Crippen molar-refractivity contribution < 1.29 is 0 Å². The molecule has 0 aliphatic carbocycles. The van der Waals surface area contributed by atoms with E-state index in [0.717, 1.165) is 36.2 Å². The van der Waals surface area contributed by atoms with Crippen LogP contribution >= 0.6 is 11.6 Å². The van der Waals surface area contributed by atoms with Crippen LogP contribution in [-0.4, -0.2) is 23.1 Å². The largest absolute Gasteiger partial charge is 0.356 e. The third-order valence-corrected chi connectivity index (χ3v) is 4.57. The first-order valence-electron chi connectivity index (χ1n) is 7.81. The van der Waals surface area contributed by atoms with Crippen LogP contribution in [0.5, 0.6) is 0 Å². The summed E-state index contributed by atoms with van der Waals surface area (Å²) in [5, 5.41) is 0.606. The average molecular weight is 296 g/mol. The van der Waals surface area contributed by atoms with Crippen LogP contribution in [0.25, 0.3) is 0 Å². The topological polar surface area (TPSA) is 29.0 Å². The molecule has 0 bridgehead atoms. The van der Waals surface area contributed by atoms with Gasteiger partial charge in [-0.3, -0.25) is 0 Å². The molecule has 2 heterocycles. The standard InChI is InChI=1S/C16H26ClN3/c1-5-6-13-7-9-20(10-8-13)16-12(4)14(17)18-15(19-16)11(2)3/h11,13H,5-10H2,1-4H3. The summed E-state index contributed by atoms with van der Waals surface area (Å²) in [5.41, 5.74) is 1.02. The lowest BCUT2D eigenvalue weighted by atomic mass is 9.92. The molecule has 4 heteroatoms. The first-order valence-corrected chi connectivity index (χ1v) is 8.19. The van der Waals surface area contributed by atoms with Crippen molar-refractivity contribution in [3.63, 3.8) is 0 Å². The zero-order valence-corrected chi connectivity index (χ0v) is 13.9. The fraction of sp³-hybridized carbons (Fsp3) is 0.750. The fourth-order valence-electron chi connectivity index (χ4n) is 2.90. The van der Waals surface area contributed by atoms with Gasteiger partial charge in [0.05, 0.1) is 0 Å². The summed E-state index contributed by atoms with van der Waals surface area (Å²) in [7, 11) is 0. The molecule has 1 aliphatic heterocycles. The Hall–Kier alpha value is -0.830. The number of nitrogens with zero attached hydrogens (tertiary/aromatic N) is 3. The molecule has 0 amide bonds. The van der Waals surface area contributed by atoms with E-state index in [1.165, 1.54) is 25.7 Å². The zero-order chi connectivity index (χ0) is 14.7. The van der Waals surface area contributed by atoms with E-state index < -0.39 is 0 Å². The van der Waals surface area contributed by atoms with E-state index in [1.54, 1.807) is 0 Å². The maximum absolute atomic E-state index is 6.28. The van der Waals surface area contributed by atoms with Crippen LogP contribution in [0.4, 0.5) is 5.82 Å². The van der Waals surface area contributed by atoms with E-state index in [0.29, 0.717) is 11.1 Å². The fourth-order valence-corrected chi connectivity index (χ4v) is 3.07. The van der Waals surface area contributed by atoms with Crippen molar-refractivity contribution in [2.75, 3.05) is 18.0 Å². The van der Waals surface area contributed by atoms with Gasteiger partial charge in [0.15, 0.2) is 0 Å². The lowest BCUT2D eigenvalue weighted by Crippen LogP contribution is -2.35. The molecule has 20 heavy (non-hydrogen) atoms. The number of piperidine rings is 1. The van der Waals surface area contributed by atoms with Gasteiger partial charge in [0, 0.05) is 24.6 Å². The Morgan fingerprint density at radius 3 is 2.45 bits per heavy atom. The van der Waals surface area contributed by atoms with Crippen LogP contribution in [0.1, 0.15) is 63.8 Å². The van der Waals surface area contributed by atoms with Crippen LogP contribution in [0.2, 0.25) is 5.15 Å². The predicted octanol–water partition coefficient (Wildman–Crippen LogP) is 4.58. The molecular formula is C16H26ClN3. The van der Waals surface area contributed by atoms with Crippen molar-refractivity contribution in [2.45, 2.75) is 59.3 Å². The average Bonchev–Trinajstić information content (AvgIpc) is 2.43. The van der Waals surface area contributed by atoms with Crippen molar-refractivity contribution in [1.29, 1.82) is 0 Å². The Morgan fingerprint density at radius 1 is 1.25 bits per heavy atom. The molecule has 0 aromatic carbocycles. The monoisotopic (exact) mass is 295 g/mol. The van der Waals surface area contributed by atoms with Crippen LogP contribution in [-0.2, 0) is 0 Å². The van der Waals surface area contributed by atoms with Gasteiger partial charge in [-0.05, 0) is 25.7 Å². The molecule has 1 saturated heterocycles. The van der Waals surface area contributed by atoms with Crippen LogP contribution in [0.15, 0.2) is 0 Å². The zero-order valence-electron chi connectivity index (χ0n) is 13.1. The molecule has 0 spiro atoms. The SMILES string of the molecule is CCCC1CCN(c2nc(C(C)C)nc(Cl)c2C)CC1. The highest BCUT2D eigenvalue weighted by atomic mass is 35.5. The maximum atomic E-state index is 6.28. The first kappa shape index (κ1) is 15.6. The van der Waals surface area contributed by atoms with Gasteiger partial charge >= 0.3 is 0 Å². The summed E-state index contributed by atoms with van der Waals surface area (Å²) in [6.45, 7) is 10.7. The summed E-state index contributed by atoms with van der Waals surface area (Å²) < 4.78 is 0. The third-order valence-electron chi connectivity index (χ3n) is 4.21. The van der Waals surface area contributed by atoms with Crippen molar-refractivity contribution >= 4 is 17.4 Å². The Morgan fingerprint density at radius 2 is 1.90 bits per heavy atom. The van der Waals surface area contributed by atoms with Crippen molar-refractivity contribution in [3.8, 4) is 0 Å². The smallest absolute Gasteiger partial charge is 0.137 e. The van der Waals surface area contributed by atoms with Crippen LogP contribution in [0, 0.1) is 12.8 Å². The third kappa shape index (κ3) is 3.43. The van der Waals surface area contributed by atoms with Crippen molar-refractivity contribution in [3.05, 3.63) is 16.5 Å². The van der Waals surface area contributed by atoms with Gasteiger partial charge in [-0.15, -0.1) is 0 Å². The van der Waals surface area contributed by atoms with Crippen molar-refractivity contribution in [1.82, 2.24) is 9.97 Å².